The Balaban J connectivity index is 1.89. The number of pyridine rings is 1. The fraction of sp³-hybridized carbons (Fsp3) is 0.600. The summed E-state index contributed by atoms with van der Waals surface area (Å²) >= 11 is 0. The zero-order chi connectivity index (χ0) is 17.3. The van der Waals surface area contributed by atoms with Gasteiger partial charge in [-0.05, 0) is 26.8 Å². The van der Waals surface area contributed by atoms with Crippen molar-refractivity contribution in [3.05, 3.63) is 23.9 Å². The maximum atomic E-state index is 12.5. The number of ether oxygens (including phenoxy) is 2. The van der Waals surface area contributed by atoms with Crippen LogP contribution in [0.15, 0.2) is 18.3 Å². The van der Waals surface area contributed by atoms with Gasteiger partial charge in [-0.3, -0.25) is 0 Å². The van der Waals surface area contributed by atoms with Crippen molar-refractivity contribution in [1.82, 2.24) is 9.88 Å². The number of halogens is 3. The summed E-state index contributed by atoms with van der Waals surface area (Å²) in [5.74, 6) is 0.106. The zero-order valence-corrected chi connectivity index (χ0v) is 13.2. The summed E-state index contributed by atoms with van der Waals surface area (Å²) in [5.41, 5.74) is -1.41. The van der Waals surface area contributed by atoms with Crippen molar-refractivity contribution in [1.29, 1.82) is 0 Å². The minimum absolute atomic E-state index is 0.106. The van der Waals surface area contributed by atoms with E-state index in [1.54, 1.807) is 20.8 Å². The molecule has 1 amide bonds. The van der Waals surface area contributed by atoms with E-state index in [2.05, 4.69) is 4.98 Å². The lowest BCUT2D eigenvalue weighted by atomic mass is 10.2. The van der Waals surface area contributed by atoms with E-state index in [1.807, 2.05) is 0 Å². The number of carbonyl (C=O) groups is 1. The Labute approximate surface area is 132 Å². The molecule has 1 atom stereocenters. The number of aromatic nitrogens is 1. The Hall–Kier alpha value is -1.99. The second-order valence-corrected chi connectivity index (χ2v) is 6.34. The molecule has 128 valence electrons. The molecule has 1 aliphatic rings. The summed E-state index contributed by atoms with van der Waals surface area (Å²) in [6.07, 6.45) is -3.86. The molecule has 0 spiro atoms. The van der Waals surface area contributed by atoms with Crippen LogP contribution in [0.2, 0.25) is 0 Å². The van der Waals surface area contributed by atoms with Gasteiger partial charge in [-0.1, -0.05) is 0 Å². The third-order valence-electron chi connectivity index (χ3n) is 3.15. The van der Waals surface area contributed by atoms with Crippen LogP contribution in [0.4, 0.5) is 18.0 Å². The average Bonchev–Trinajstić information content (AvgIpc) is 2.85. The van der Waals surface area contributed by atoms with Crippen molar-refractivity contribution in [2.75, 3.05) is 13.1 Å². The van der Waals surface area contributed by atoms with Crippen LogP contribution in [-0.4, -0.2) is 40.8 Å². The lowest BCUT2D eigenvalue weighted by Crippen LogP contribution is -2.36. The molecule has 2 rings (SSSR count). The molecule has 1 aliphatic heterocycles. The Morgan fingerprint density at radius 2 is 2.00 bits per heavy atom. The lowest BCUT2D eigenvalue weighted by molar-refractivity contribution is -0.137. The molecule has 1 saturated heterocycles. The fourth-order valence-corrected chi connectivity index (χ4v) is 2.11. The predicted octanol–water partition coefficient (Wildman–Crippen LogP) is 3.49. The monoisotopic (exact) mass is 332 g/mol. The maximum Gasteiger partial charge on any atom is 0.417 e. The first-order chi connectivity index (χ1) is 10.5. The maximum absolute atomic E-state index is 12.5. The van der Waals surface area contributed by atoms with E-state index < -0.39 is 23.4 Å². The first-order valence-corrected chi connectivity index (χ1v) is 7.22. The predicted molar refractivity (Wildman–Crippen MR) is 76.1 cm³/mol. The van der Waals surface area contributed by atoms with E-state index in [4.69, 9.17) is 9.47 Å². The van der Waals surface area contributed by atoms with Crippen LogP contribution in [0.1, 0.15) is 32.8 Å². The number of carbonyl (C=O) groups excluding carboxylic acids is 1. The van der Waals surface area contributed by atoms with Crippen LogP contribution in [0.5, 0.6) is 5.88 Å². The summed E-state index contributed by atoms with van der Waals surface area (Å²) in [5, 5.41) is 0. The first kappa shape index (κ1) is 17.4. The van der Waals surface area contributed by atoms with Gasteiger partial charge in [0.15, 0.2) is 0 Å². The van der Waals surface area contributed by atoms with Crippen molar-refractivity contribution in [3.63, 3.8) is 0 Å². The molecule has 1 aromatic heterocycles. The third-order valence-corrected chi connectivity index (χ3v) is 3.15. The zero-order valence-electron chi connectivity index (χ0n) is 13.2. The quantitative estimate of drug-likeness (QED) is 0.832. The van der Waals surface area contributed by atoms with Gasteiger partial charge in [-0.2, -0.15) is 13.2 Å². The molecule has 5 nitrogen and oxygen atoms in total. The Kier molecular flexibility index (Phi) is 4.72. The number of hydrogen-bond donors (Lipinski definition) is 0. The van der Waals surface area contributed by atoms with Crippen LogP contribution >= 0.6 is 0 Å². The second kappa shape index (κ2) is 6.25. The molecule has 0 saturated carbocycles. The molecule has 0 aliphatic carbocycles. The highest BCUT2D eigenvalue weighted by Crippen LogP contribution is 2.29. The molecular formula is C15H19F3N2O3. The molecule has 0 aromatic carbocycles. The Morgan fingerprint density at radius 1 is 1.30 bits per heavy atom. The molecule has 2 heterocycles. The van der Waals surface area contributed by atoms with E-state index in [0.29, 0.717) is 19.5 Å². The average molecular weight is 332 g/mol. The standard InChI is InChI=1S/C15H19F3N2O3/c1-14(2,3)23-13(21)20-7-6-11(9-20)22-12-5-4-10(8-19-12)15(16,17)18/h4-5,8,11H,6-7,9H2,1-3H3/t11-/m1/s1. The molecule has 1 aromatic rings. The summed E-state index contributed by atoms with van der Waals surface area (Å²) in [7, 11) is 0. The van der Waals surface area contributed by atoms with E-state index in [-0.39, 0.29) is 12.0 Å². The lowest BCUT2D eigenvalue weighted by Gasteiger charge is -2.24. The number of hydrogen-bond acceptors (Lipinski definition) is 4. The first-order valence-electron chi connectivity index (χ1n) is 7.22. The minimum atomic E-state index is -4.42. The Morgan fingerprint density at radius 3 is 2.52 bits per heavy atom. The van der Waals surface area contributed by atoms with E-state index in [1.165, 1.54) is 11.0 Å². The van der Waals surface area contributed by atoms with Crippen molar-refractivity contribution >= 4 is 6.09 Å². The van der Waals surface area contributed by atoms with Crippen molar-refractivity contribution in [2.24, 2.45) is 0 Å². The van der Waals surface area contributed by atoms with E-state index >= 15 is 0 Å². The van der Waals surface area contributed by atoms with Crippen LogP contribution in [0.3, 0.4) is 0 Å². The SMILES string of the molecule is CC(C)(C)OC(=O)N1CC[C@@H](Oc2ccc(C(F)(F)F)cn2)C1. The fourth-order valence-electron chi connectivity index (χ4n) is 2.11. The molecule has 1 fully saturated rings. The summed E-state index contributed by atoms with van der Waals surface area (Å²) in [6.45, 7) is 6.13. The van der Waals surface area contributed by atoms with Gasteiger partial charge in [-0.15, -0.1) is 0 Å². The highest BCUT2D eigenvalue weighted by atomic mass is 19.4. The van der Waals surface area contributed by atoms with Gasteiger partial charge in [0.1, 0.15) is 11.7 Å². The number of rotatable bonds is 2. The number of nitrogens with zero attached hydrogens (tertiary/aromatic N) is 2. The molecule has 0 unspecified atom stereocenters. The Bertz CT molecular complexity index is 553. The molecule has 0 radical (unpaired) electrons. The minimum Gasteiger partial charge on any atom is -0.472 e. The molecule has 0 N–H and O–H groups in total. The van der Waals surface area contributed by atoms with Crippen LogP contribution in [0.25, 0.3) is 0 Å². The van der Waals surface area contributed by atoms with Gasteiger partial charge >= 0.3 is 12.3 Å². The van der Waals surface area contributed by atoms with E-state index in [9.17, 15) is 18.0 Å². The van der Waals surface area contributed by atoms with Crippen molar-refractivity contribution < 1.29 is 27.4 Å². The summed E-state index contributed by atoms with van der Waals surface area (Å²) < 4.78 is 48.2. The largest absolute Gasteiger partial charge is 0.472 e. The smallest absolute Gasteiger partial charge is 0.417 e. The molecular weight excluding hydrogens is 313 g/mol. The van der Waals surface area contributed by atoms with Crippen molar-refractivity contribution in [2.45, 2.75) is 45.1 Å². The van der Waals surface area contributed by atoms with Gasteiger partial charge in [0.2, 0.25) is 5.88 Å². The second-order valence-electron chi connectivity index (χ2n) is 6.34. The van der Waals surface area contributed by atoms with Crippen LogP contribution < -0.4 is 4.74 Å². The third kappa shape index (κ3) is 5.01. The highest BCUT2D eigenvalue weighted by molar-refractivity contribution is 5.68. The van der Waals surface area contributed by atoms with Gasteiger partial charge < -0.3 is 14.4 Å². The van der Waals surface area contributed by atoms with Crippen LogP contribution in [-0.2, 0) is 10.9 Å². The number of amides is 1. The van der Waals surface area contributed by atoms with Gasteiger partial charge in [0.05, 0.1) is 12.1 Å². The van der Waals surface area contributed by atoms with Gasteiger partial charge in [-0.25, -0.2) is 9.78 Å². The van der Waals surface area contributed by atoms with Crippen molar-refractivity contribution in [3.8, 4) is 5.88 Å². The normalized spacial score (nSPS) is 18.9. The van der Waals surface area contributed by atoms with Gasteiger partial charge in [0, 0.05) is 25.2 Å². The number of alkyl halides is 3. The van der Waals surface area contributed by atoms with Gasteiger partial charge in [0.25, 0.3) is 0 Å². The highest BCUT2D eigenvalue weighted by Gasteiger charge is 2.32. The van der Waals surface area contributed by atoms with E-state index in [0.717, 1.165) is 12.3 Å². The summed E-state index contributed by atoms with van der Waals surface area (Å²) in [6, 6.07) is 2.10. The molecule has 23 heavy (non-hydrogen) atoms. The molecule has 0 bridgehead atoms. The number of likely N-dealkylation sites (tertiary alicyclic amines) is 1. The topological polar surface area (TPSA) is 51.7 Å². The molecule has 8 heteroatoms. The summed E-state index contributed by atoms with van der Waals surface area (Å²) in [4.78, 5) is 17.1. The van der Waals surface area contributed by atoms with Crippen LogP contribution in [0, 0.1) is 0 Å².